The third-order valence-electron chi connectivity index (χ3n) is 2.73. The van der Waals surface area contributed by atoms with Crippen molar-refractivity contribution in [2.24, 2.45) is 0 Å². The molecule has 0 aliphatic rings. The van der Waals surface area contributed by atoms with E-state index < -0.39 is 6.61 Å². The average molecular weight is 299 g/mol. The highest BCUT2D eigenvalue weighted by Gasteiger charge is 2.10. The molecule has 3 nitrogen and oxygen atoms in total. The van der Waals surface area contributed by atoms with E-state index >= 15 is 0 Å². The first kappa shape index (κ1) is 14.8. The molecule has 1 aromatic carbocycles. The molecule has 0 aliphatic carbocycles. The first-order valence-electron chi connectivity index (χ1n) is 6.13. The van der Waals surface area contributed by atoms with Gasteiger partial charge in [0, 0.05) is 17.1 Å². The van der Waals surface area contributed by atoms with Gasteiger partial charge in [0.25, 0.3) is 0 Å². The summed E-state index contributed by atoms with van der Waals surface area (Å²) in [5.74, 6) is 1.71. The second kappa shape index (κ2) is 6.74. The van der Waals surface area contributed by atoms with Crippen LogP contribution in [0.25, 0.3) is 0 Å². The minimum absolute atomic E-state index is 0.174. The maximum atomic E-state index is 12.0. The number of nitrogens with zero attached hydrogens (tertiary/aromatic N) is 1. The number of alkyl halides is 2. The van der Waals surface area contributed by atoms with E-state index in [0.717, 1.165) is 22.8 Å². The topological polar surface area (TPSA) is 35.3 Å². The smallest absolute Gasteiger partial charge is 0.387 e. The molecule has 0 radical (unpaired) electrons. The summed E-state index contributed by atoms with van der Waals surface area (Å²) in [6.07, 6.45) is 0. The molecule has 108 valence electrons. The zero-order chi connectivity index (χ0) is 14.5. The summed E-state index contributed by atoms with van der Waals surface area (Å²) in [5.41, 5.74) is 1.95. The summed E-state index contributed by atoms with van der Waals surface area (Å²) in [5, 5.41) is 4.16. The second-order valence-electron chi connectivity index (χ2n) is 4.33. The van der Waals surface area contributed by atoms with Crippen LogP contribution in [0.1, 0.15) is 29.2 Å². The maximum absolute atomic E-state index is 12.0. The molecule has 1 atom stereocenters. The minimum atomic E-state index is -2.79. The number of rotatable bonds is 6. The first-order valence-corrected chi connectivity index (χ1v) is 7.18. The van der Waals surface area contributed by atoms with Gasteiger partial charge in [-0.25, -0.2) is 0 Å². The van der Waals surface area contributed by atoms with Crippen molar-refractivity contribution in [1.82, 2.24) is 5.16 Å². The van der Waals surface area contributed by atoms with Crippen molar-refractivity contribution in [2.45, 2.75) is 31.5 Å². The highest BCUT2D eigenvalue weighted by molar-refractivity contribution is 7.98. The van der Waals surface area contributed by atoms with Gasteiger partial charge in [0.05, 0.1) is 5.69 Å². The predicted molar refractivity (Wildman–Crippen MR) is 74.0 cm³/mol. The van der Waals surface area contributed by atoms with E-state index in [9.17, 15) is 8.78 Å². The van der Waals surface area contributed by atoms with E-state index in [0.29, 0.717) is 0 Å². The molecule has 20 heavy (non-hydrogen) atoms. The van der Waals surface area contributed by atoms with Gasteiger partial charge in [0.15, 0.2) is 0 Å². The van der Waals surface area contributed by atoms with Crippen molar-refractivity contribution in [2.75, 3.05) is 0 Å². The predicted octanol–water partition coefficient (Wildman–Crippen LogP) is 4.58. The fourth-order valence-electron chi connectivity index (χ4n) is 1.71. The lowest BCUT2D eigenvalue weighted by Crippen LogP contribution is -2.01. The van der Waals surface area contributed by atoms with Crippen LogP contribution in [0.4, 0.5) is 8.78 Å². The van der Waals surface area contributed by atoms with E-state index in [4.69, 9.17) is 4.52 Å². The second-order valence-corrected chi connectivity index (χ2v) is 5.66. The summed E-state index contributed by atoms with van der Waals surface area (Å²) >= 11 is 1.70. The summed E-state index contributed by atoms with van der Waals surface area (Å²) in [6, 6.07) is 8.60. The molecule has 2 rings (SSSR count). The normalized spacial score (nSPS) is 12.7. The number of aryl methyl sites for hydroxylation is 1. The molecule has 2 aromatic rings. The van der Waals surface area contributed by atoms with Crippen LogP contribution in [-0.2, 0) is 5.75 Å². The molecular formula is C14H15F2NO2S. The van der Waals surface area contributed by atoms with Crippen LogP contribution in [0.3, 0.4) is 0 Å². The number of aromatic nitrogens is 1. The van der Waals surface area contributed by atoms with Gasteiger partial charge >= 0.3 is 6.61 Å². The van der Waals surface area contributed by atoms with Crippen molar-refractivity contribution >= 4 is 11.8 Å². The zero-order valence-electron chi connectivity index (χ0n) is 11.2. The van der Waals surface area contributed by atoms with Gasteiger partial charge in [-0.15, -0.1) is 11.8 Å². The lowest BCUT2D eigenvalue weighted by molar-refractivity contribution is -0.0498. The van der Waals surface area contributed by atoms with Crippen LogP contribution in [-0.4, -0.2) is 11.8 Å². The Labute approximate surface area is 120 Å². The molecule has 0 unspecified atom stereocenters. The number of thioether (sulfide) groups is 1. The molecule has 0 saturated heterocycles. The van der Waals surface area contributed by atoms with E-state index in [2.05, 4.69) is 16.8 Å². The van der Waals surface area contributed by atoms with Gasteiger partial charge in [0.2, 0.25) is 0 Å². The Balaban J connectivity index is 1.90. The number of hydrogen-bond donors (Lipinski definition) is 0. The molecule has 0 fully saturated rings. The van der Waals surface area contributed by atoms with Crippen LogP contribution in [0.2, 0.25) is 0 Å². The van der Waals surface area contributed by atoms with Crippen molar-refractivity contribution in [3.8, 4) is 5.75 Å². The van der Waals surface area contributed by atoms with Crippen LogP contribution in [0.5, 0.6) is 5.75 Å². The van der Waals surface area contributed by atoms with E-state index in [1.54, 1.807) is 36.0 Å². The van der Waals surface area contributed by atoms with Crippen LogP contribution < -0.4 is 4.74 Å². The zero-order valence-corrected chi connectivity index (χ0v) is 12.0. The molecule has 0 N–H and O–H groups in total. The van der Waals surface area contributed by atoms with Gasteiger partial charge in [0.1, 0.15) is 11.5 Å². The summed E-state index contributed by atoms with van der Waals surface area (Å²) in [6.45, 7) is 1.12. The molecule has 0 aliphatic heterocycles. The Kier molecular flexibility index (Phi) is 5.00. The van der Waals surface area contributed by atoms with Crippen molar-refractivity contribution in [3.63, 3.8) is 0 Å². The van der Waals surface area contributed by atoms with Gasteiger partial charge in [-0.3, -0.25) is 0 Å². The number of halogens is 2. The average Bonchev–Trinajstić information content (AvgIpc) is 2.82. The molecular weight excluding hydrogens is 284 g/mol. The van der Waals surface area contributed by atoms with Crippen molar-refractivity contribution in [3.05, 3.63) is 47.3 Å². The lowest BCUT2D eigenvalue weighted by atomic mass is 10.2. The summed E-state index contributed by atoms with van der Waals surface area (Å²) < 4.78 is 33.4. The quantitative estimate of drug-likeness (QED) is 0.782. The lowest BCUT2D eigenvalue weighted by Gasteiger charge is -2.11. The molecule has 1 aromatic heterocycles. The summed E-state index contributed by atoms with van der Waals surface area (Å²) in [4.78, 5) is 0. The third-order valence-corrected chi connectivity index (χ3v) is 3.97. The fraction of sp³-hybridized carbons (Fsp3) is 0.357. The van der Waals surface area contributed by atoms with Gasteiger partial charge < -0.3 is 9.26 Å². The monoisotopic (exact) mass is 299 g/mol. The number of benzene rings is 1. The molecule has 0 spiro atoms. The van der Waals surface area contributed by atoms with Gasteiger partial charge in [-0.2, -0.15) is 8.78 Å². The van der Waals surface area contributed by atoms with Crippen LogP contribution in [0.15, 0.2) is 34.9 Å². The molecule has 0 saturated carbocycles. The SMILES string of the molecule is Cc1cc(CS[C@@H](C)c2ccc(OC(F)F)cc2)no1. The Morgan fingerprint density at radius 3 is 2.55 bits per heavy atom. The maximum Gasteiger partial charge on any atom is 0.387 e. The number of ether oxygens (including phenoxy) is 1. The van der Waals surface area contributed by atoms with Crippen LogP contribution >= 0.6 is 11.8 Å². The Bertz CT molecular complexity index is 542. The van der Waals surface area contributed by atoms with E-state index in [-0.39, 0.29) is 11.0 Å². The molecule has 0 amide bonds. The van der Waals surface area contributed by atoms with Crippen molar-refractivity contribution in [1.29, 1.82) is 0 Å². The molecule has 1 heterocycles. The number of hydrogen-bond acceptors (Lipinski definition) is 4. The summed E-state index contributed by atoms with van der Waals surface area (Å²) in [7, 11) is 0. The molecule has 0 bridgehead atoms. The van der Waals surface area contributed by atoms with E-state index in [1.807, 2.05) is 13.0 Å². The third kappa shape index (κ3) is 4.23. The Morgan fingerprint density at radius 1 is 1.30 bits per heavy atom. The van der Waals surface area contributed by atoms with Crippen molar-refractivity contribution < 1.29 is 18.0 Å². The Morgan fingerprint density at radius 2 is 2.00 bits per heavy atom. The Hall–Kier alpha value is -1.56. The van der Waals surface area contributed by atoms with Crippen LogP contribution in [0, 0.1) is 6.92 Å². The first-order chi connectivity index (χ1) is 9.54. The molecule has 6 heteroatoms. The van der Waals surface area contributed by atoms with E-state index in [1.165, 1.54) is 0 Å². The van der Waals surface area contributed by atoms with Gasteiger partial charge in [-0.05, 0) is 31.5 Å². The highest BCUT2D eigenvalue weighted by Crippen LogP contribution is 2.31. The minimum Gasteiger partial charge on any atom is -0.435 e. The standard InChI is InChI=1S/C14H15F2NO2S/c1-9-7-12(17-19-9)8-20-10(2)11-3-5-13(6-4-11)18-14(15)16/h3-7,10,14H,8H2,1-2H3/t10-/m0/s1. The highest BCUT2D eigenvalue weighted by atomic mass is 32.2. The fourth-order valence-corrected chi connectivity index (χ4v) is 2.62. The largest absolute Gasteiger partial charge is 0.435 e. The van der Waals surface area contributed by atoms with Gasteiger partial charge in [-0.1, -0.05) is 17.3 Å².